The van der Waals surface area contributed by atoms with Gasteiger partial charge in [0.05, 0.1) is 0 Å². The van der Waals surface area contributed by atoms with Gasteiger partial charge in [-0.1, -0.05) is 164 Å². The Labute approximate surface area is 330 Å². The van der Waals surface area contributed by atoms with E-state index >= 15 is 0 Å². The highest BCUT2D eigenvalue weighted by Gasteiger charge is 2.21. The van der Waals surface area contributed by atoms with Gasteiger partial charge in [-0.3, -0.25) is 0 Å². The highest BCUT2D eigenvalue weighted by atomic mass is 16.5. The van der Waals surface area contributed by atoms with Crippen molar-refractivity contribution in [3.8, 4) is 90.2 Å². The number of nitrogens with zero attached hydrogens (tertiary/aromatic N) is 3. The Bertz CT molecular complexity index is 3130. The molecular formula is C53H33N3O. The van der Waals surface area contributed by atoms with Gasteiger partial charge in [0.15, 0.2) is 17.5 Å². The third kappa shape index (κ3) is 5.92. The fraction of sp³-hybridized carbons (Fsp3) is 0. The lowest BCUT2D eigenvalue weighted by Gasteiger charge is -2.22. The standard InChI is InChI=1S/C53H33N3O/c1-3-12-34(13-4-1)35-24-26-39(27-25-35)52-54-51(38-15-5-2-6-16-38)55-53(56-52)43-31-41(30-42(32-43)45-21-9-17-36-14-7-8-20-44(36)45)40-28-29-48-47(33-40)46-22-10-18-37-19-11-23-49(57-48)50(37)46/h1-33H. The second-order valence-corrected chi connectivity index (χ2v) is 14.4. The molecule has 57 heavy (non-hydrogen) atoms. The minimum absolute atomic E-state index is 0.606. The van der Waals surface area contributed by atoms with Gasteiger partial charge < -0.3 is 4.74 Å². The molecule has 0 bridgehead atoms. The summed E-state index contributed by atoms with van der Waals surface area (Å²) in [5.74, 6) is 3.58. The predicted molar refractivity (Wildman–Crippen MR) is 233 cm³/mol. The molecule has 0 aliphatic carbocycles. The number of benzene rings is 9. The highest BCUT2D eigenvalue weighted by molar-refractivity contribution is 6.05. The number of rotatable bonds is 6. The van der Waals surface area contributed by atoms with Crippen LogP contribution in [-0.2, 0) is 0 Å². The molecule has 9 aromatic carbocycles. The van der Waals surface area contributed by atoms with Crippen LogP contribution >= 0.6 is 0 Å². The highest BCUT2D eigenvalue weighted by Crippen LogP contribution is 2.48. The van der Waals surface area contributed by atoms with Crippen molar-refractivity contribution in [3.63, 3.8) is 0 Å². The summed E-state index contributed by atoms with van der Waals surface area (Å²) in [6, 6.07) is 70.0. The summed E-state index contributed by atoms with van der Waals surface area (Å²) in [5, 5.41) is 4.67. The molecule has 1 aliphatic heterocycles. The van der Waals surface area contributed by atoms with E-state index in [9.17, 15) is 0 Å². The van der Waals surface area contributed by atoms with Crippen LogP contribution in [0.3, 0.4) is 0 Å². The van der Waals surface area contributed by atoms with E-state index in [0.717, 1.165) is 77.9 Å². The Balaban J connectivity index is 1.11. The molecule has 0 amide bonds. The third-order valence-electron chi connectivity index (χ3n) is 10.9. The second-order valence-electron chi connectivity index (χ2n) is 14.4. The van der Waals surface area contributed by atoms with Crippen LogP contribution in [0.15, 0.2) is 200 Å². The molecule has 0 N–H and O–H groups in total. The molecule has 2 heterocycles. The minimum atomic E-state index is 0.606. The lowest BCUT2D eigenvalue weighted by Crippen LogP contribution is -2.01. The number of fused-ring (bicyclic) bond motifs is 3. The molecule has 4 heteroatoms. The van der Waals surface area contributed by atoms with Gasteiger partial charge in [-0.25, -0.2) is 15.0 Å². The summed E-state index contributed by atoms with van der Waals surface area (Å²) < 4.78 is 6.49. The average Bonchev–Trinajstić information content (AvgIpc) is 3.29. The number of hydrogen-bond acceptors (Lipinski definition) is 4. The van der Waals surface area contributed by atoms with E-state index in [1.165, 1.54) is 16.3 Å². The zero-order chi connectivity index (χ0) is 37.7. The van der Waals surface area contributed by atoms with Crippen LogP contribution in [0.25, 0.3) is 100 Å². The fourth-order valence-corrected chi connectivity index (χ4v) is 8.09. The van der Waals surface area contributed by atoms with E-state index < -0.39 is 0 Å². The molecular weight excluding hydrogens is 695 g/mol. The molecule has 1 aliphatic rings. The van der Waals surface area contributed by atoms with Gasteiger partial charge in [0, 0.05) is 27.6 Å². The molecule has 4 nitrogen and oxygen atoms in total. The minimum Gasteiger partial charge on any atom is -0.456 e. The molecule has 0 fully saturated rings. The summed E-state index contributed by atoms with van der Waals surface area (Å²) in [7, 11) is 0. The smallest absolute Gasteiger partial charge is 0.164 e. The maximum absolute atomic E-state index is 6.49. The van der Waals surface area contributed by atoms with Crippen LogP contribution in [0.5, 0.6) is 11.5 Å². The van der Waals surface area contributed by atoms with Gasteiger partial charge >= 0.3 is 0 Å². The summed E-state index contributed by atoms with van der Waals surface area (Å²) in [6.07, 6.45) is 0. The summed E-state index contributed by atoms with van der Waals surface area (Å²) in [4.78, 5) is 15.4. The zero-order valence-electron chi connectivity index (χ0n) is 30.8. The molecule has 266 valence electrons. The maximum atomic E-state index is 6.49. The van der Waals surface area contributed by atoms with Gasteiger partial charge in [-0.05, 0) is 91.5 Å². The fourth-order valence-electron chi connectivity index (χ4n) is 8.09. The first-order valence-corrected chi connectivity index (χ1v) is 19.2. The van der Waals surface area contributed by atoms with Crippen LogP contribution < -0.4 is 4.74 Å². The monoisotopic (exact) mass is 727 g/mol. The van der Waals surface area contributed by atoms with Crippen LogP contribution in [0.2, 0.25) is 0 Å². The molecule has 1 aromatic heterocycles. The van der Waals surface area contributed by atoms with Crippen molar-refractivity contribution in [1.29, 1.82) is 0 Å². The first kappa shape index (κ1) is 32.7. The van der Waals surface area contributed by atoms with Crippen LogP contribution in [0.4, 0.5) is 0 Å². The molecule has 0 unspecified atom stereocenters. The Morgan fingerprint density at radius 3 is 1.58 bits per heavy atom. The van der Waals surface area contributed by atoms with Crippen molar-refractivity contribution in [2.45, 2.75) is 0 Å². The molecule has 11 rings (SSSR count). The van der Waals surface area contributed by atoms with Gasteiger partial charge in [-0.2, -0.15) is 0 Å². The SMILES string of the molecule is c1ccc(-c2ccc(-c3nc(-c4ccccc4)nc(-c4cc(-c5ccc6c(c5)-c5cccc7cccc(c57)O6)cc(-c5cccc6ccccc56)c4)n3)cc2)cc1. The normalized spacial score (nSPS) is 11.6. The molecule has 10 aromatic rings. The largest absolute Gasteiger partial charge is 0.456 e. The molecule has 0 saturated carbocycles. The maximum Gasteiger partial charge on any atom is 0.164 e. The first-order chi connectivity index (χ1) is 28.2. The van der Waals surface area contributed by atoms with E-state index in [2.05, 4.69) is 158 Å². The van der Waals surface area contributed by atoms with Crippen molar-refractivity contribution >= 4 is 21.5 Å². The van der Waals surface area contributed by atoms with Gasteiger partial charge in [0.2, 0.25) is 0 Å². The third-order valence-corrected chi connectivity index (χ3v) is 10.9. The van der Waals surface area contributed by atoms with Crippen molar-refractivity contribution in [2.24, 2.45) is 0 Å². The Kier molecular flexibility index (Phi) is 7.78. The Hall–Kier alpha value is -7.69. The average molecular weight is 728 g/mol. The van der Waals surface area contributed by atoms with Crippen LogP contribution in [0, 0.1) is 0 Å². The lowest BCUT2D eigenvalue weighted by molar-refractivity contribution is 0.487. The predicted octanol–water partition coefficient (Wildman–Crippen LogP) is 14.0. The van der Waals surface area contributed by atoms with E-state index in [1.54, 1.807) is 0 Å². The van der Waals surface area contributed by atoms with Gasteiger partial charge in [-0.15, -0.1) is 0 Å². The number of aromatic nitrogens is 3. The van der Waals surface area contributed by atoms with E-state index in [1.807, 2.05) is 42.5 Å². The van der Waals surface area contributed by atoms with Gasteiger partial charge in [0.1, 0.15) is 11.5 Å². The second kappa shape index (κ2) is 13.6. The topological polar surface area (TPSA) is 47.9 Å². The zero-order valence-corrected chi connectivity index (χ0v) is 30.8. The van der Waals surface area contributed by atoms with E-state index in [-0.39, 0.29) is 0 Å². The summed E-state index contributed by atoms with van der Waals surface area (Å²) >= 11 is 0. The summed E-state index contributed by atoms with van der Waals surface area (Å²) in [5.41, 5.74) is 11.7. The van der Waals surface area contributed by atoms with Crippen LogP contribution in [-0.4, -0.2) is 15.0 Å². The molecule has 0 atom stereocenters. The summed E-state index contributed by atoms with van der Waals surface area (Å²) in [6.45, 7) is 0. The van der Waals surface area contributed by atoms with Crippen molar-refractivity contribution in [3.05, 3.63) is 200 Å². The number of ether oxygens (including phenoxy) is 1. The molecule has 0 spiro atoms. The lowest BCUT2D eigenvalue weighted by atomic mass is 9.90. The first-order valence-electron chi connectivity index (χ1n) is 19.2. The van der Waals surface area contributed by atoms with E-state index in [0.29, 0.717) is 17.5 Å². The quantitative estimate of drug-likeness (QED) is 0.171. The van der Waals surface area contributed by atoms with E-state index in [4.69, 9.17) is 19.7 Å². The van der Waals surface area contributed by atoms with Crippen LogP contribution in [0.1, 0.15) is 0 Å². The van der Waals surface area contributed by atoms with Crippen molar-refractivity contribution < 1.29 is 4.74 Å². The Morgan fingerprint density at radius 2 is 0.807 bits per heavy atom. The molecule has 0 saturated heterocycles. The van der Waals surface area contributed by atoms with Gasteiger partial charge in [0.25, 0.3) is 0 Å². The van der Waals surface area contributed by atoms with Crippen molar-refractivity contribution in [2.75, 3.05) is 0 Å². The molecule has 0 radical (unpaired) electrons. The Morgan fingerprint density at radius 1 is 0.281 bits per heavy atom. The van der Waals surface area contributed by atoms with Crippen molar-refractivity contribution in [1.82, 2.24) is 15.0 Å². The number of hydrogen-bond donors (Lipinski definition) is 0.